The maximum Gasteiger partial charge on any atom is 0.107 e. The summed E-state index contributed by atoms with van der Waals surface area (Å²) < 4.78 is 0. The quantitative estimate of drug-likeness (QED) is 0.770. The molecule has 4 heteroatoms. The van der Waals surface area contributed by atoms with Crippen molar-refractivity contribution < 1.29 is 0 Å². The molecule has 0 aliphatic heterocycles. The highest BCUT2D eigenvalue weighted by Gasteiger charge is 2.03. The number of hydrogen-bond acceptors (Lipinski definition) is 4. The van der Waals surface area contributed by atoms with E-state index >= 15 is 0 Å². The molecule has 0 atom stereocenters. The van der Waals surface area contributed by atoms with Gasteiger partial charge in [0.25, 0.3) is 0 Å². The second-order valence-electron chi connectivity index (χ2n) is 3.81. The van der Waals surface area contributed by atoms with Crippen molar-refractivity contribution in [1.29, 1.82) is 0 Å². The lowest BCUT2D eigenvalue weighted by Gasteiger charge is -1.99. The van der Waals surface area contributed by atoms with Crippen LogP contribution >= 0.6 is 11.3 Å². The van der Waals surface area contributed by atoms with E-state index in [0.717, 1.165) is 36.8 Å². The minimum Gasteiger partial charge on any atom is -0.330 e. The summed E-state index contributed by atoms with van der Waals surface area (Å²) in [5.74, 6) is 0. The molecule has 0 saturated heterocycles. The second-order valence-corrected chi connectivity index (χ2v) is 4.75. The Morgan fingerprint density at radius 2 is 2.06 bits per heavy atom. The van der Waals surface area contributed by atoms with E-state index in [9.17, 15) is 0 Å². The highest BCUT2D eigenvalue weighted by atomic mass is 32.1. The number of rotatable bonds is 6. The zero-order valence-corrected chi connectivity index (χ0v) is 10.5. The van der Waals surface area contributed by atoms with Crippen molar-refractivity contribution in [2.24, 2.45) is 5.73 Å². The molecule has 0 bridgehead atoms. The maximum atomic E-state index is 5.44. The van der Waals surface area contributed by atoms with E-state index in [0.29, 0.717) is 0 Å². The second kappa shape index (κ2) is 6.49. The molecule has 17 heavy (non-hydrogen) atoms. The number of benzene rings is 1. The number of thiazole rings is 1. The molecule has 0 spiro atoms. The first-order valence-electron chi connectivity index (χ1n) is 5.81. The van der Waals surface area contributed by atoms with Crippen LogP contribution in [0.1, 0.15) is 11.4 Å². The van der Waals surface area contributed by atoms with E-state index in [4.69, 9.17) is 5.73 Å². The van der Waals surface area contributed by atoms with Crippen LogP contribution in [0.5, 0.6) is 0 Å². The fraction of sp³-hybridized carbons (Fsp3) is 0.308. The van der Waals surface area contributed by atoms with Crippen molar-refractivity contribution >= 4 is 11.3 Å². The average Bonchev–Trinajstić information content (AvgIpc) is 2.85. The van der Waals surface area contributed by atoms with E-state index in [1.54, 1.807) is 11.3 Å². The van der Waals surface area contributed by atoms with Crippen LogP contribution in [0.15, 0.2) is 35.7 Å². The van der Waals surface area contributed by atoms with Crippen LogP contribution in [0.4, 0.5) is 0 Å². The van der Waals surface area contributed by atoms with Crippen molar-refractivity contribution in [3.8, 4) is 11.3 Å². The van der Waals surface area contributed by atoms with Gasteiger partial charge in [-0.05, 0) is 19.5 Å². The van der Waals surface area contributed by atoms with Crippen LogP contribution in [0.3, 0.4) is 0 Å². The lowest BCUT2D eigenvalue weighted by atomic mass is 10.2. The zero-order valence-electron chi connectivity index (χ0n) is 9.73. The molecule has 0 aliphatic rings. The van der Waals surface area contributed by atoms with Gasteiger partial charge < -0.3 is 11.1 Å². The summed E-state index contributed by atoms with van der Waals surface area (Å²) >= 11 is 1.70. The van der Waals surface area contributed by atoms with Crippen molar-refractivity contribution in [2.75, 3.05) is 13.1 Å². The summed E-state index contributed by atoms with van der Waals surface area (Å²) in [6.45, 7) is 2.52. The molecule has 1 heterocycles. The fourth-order valence-electron chi connectivity index (χ4n) is 1.56. The van der Waals surface area contributed by atoms with Gasteiger partial charge in [-0.2, -0.15) is 0 Å². The highest BCUT2D eigenvalue weighted by molar-refractivity contribution is 7.09. The van der Waals surface area contributed by atoms with Crippen LogP contribution in [0.25, 0.3) is 11.3 Å². The van der Waals surface area contributed by atoms with Gasteiger partial charge in [-0.15, -0.1) is 11.3 Å². The summed E-state index contributed by atoms with van der Waals surface area (Å²) in [6, 6.07) is 10.3. The van der Waals surface area contributed by atoms with Gasteiger partial charge in [-0.1, -0.05) is 30.3 Å². The lowest BCUT2D eigenvalue weighted by molar-refractivity contribution is 0.653. The lowest BCUT2D eigenvalue weighted by Crippen LogP contribution is -2.17. The van der Waals surface area contributed by atoms with Gasteiger partial charge in [-0.25, -0.2) is 4.98 Å². The van der Waals surface area contributed by atoms with Gasteiger partial charge in [-0.3, -0.25) is 0 Å². The Labute approximate surface area is 106 Å². The summed E-state index contributed by atoms with van der Waals surface area (Å²) in [7, 11) is 0. The van der Waals surface area contributed by atoms with E-state index in [1.807, 2.05) is 18.2 Å². The maximum absolute atomic E-state index is 5.44. The van der Waals surface area contributed by atoms with E-state index in [2.05, 4.69) is 27.8 Å². The minimum atomic E-state index is 0.736. The standard InChI is InChI=1S/C13H17N3S/c14-7-4-8-15-9-13-16-12(10-17-13)11-5-2-1-3-6-11/h1-3,5-6,10,15H,4,7-9,14H2. The molecule has 1 aromatic heterocycles. The Bertz CT molecular complexity index is 439. The van der Waals surface area contributed by atoms with E-state index < -0.39 is 0 Å². The molecular formula is C13H17N3S. The Morgan fingerprint density at radius 3 is 2.82 bits per heavy atom. The molecule has 0 fully saturated rings. The molecule has 3 nitrogen and oxygen atoms in total. The molecule has 0 radical (unpaired) electrons. The van der Waals surface area contributed by atoms with Crippen LogP contribution in [-0.4, -0.2) is 18.1 Å². The van der Waals surface area contributed by atoms with Crippen LogP contribution in [0, 0.1) is 0 Å². The van der Waals surface area contributed by atoms with Crippen molar-refractivity contribution in [1.82, 2.24) is 10.3 Å². The van der Waals surface area contributed by atoms with Gasteiger partial charge >= 0.3 is 0 Å². The number of hydrogen-bond donors (Lipinski definition) is 2. The normalized spacial score (nSPS) is 10.6. The third-order valence-electron chi connectivity index (χ3n) is 2.46. The summed E-state index contributed by atoms with van der Waals surface area (Å²) in [4.78, 5) is 4.60. The monoisotopic (exact) mass is 247 g/mol. The minimum absolute atomic E-state index is 0.736. The van der Waals surface area contributed by atoms with Crippen LogP contribution < -0.4 is 11.1 Å². The van der Waals surface area contributed by atoms with Gasteiger partial charge in [0.15, 0.2) is 0 Å². The molecule has 90 valence electrons. The van der Waals surface area contributed by atoms with Crippen molar-refractivity contribution in [2.45, 2.75) is 13.0 Å². The van der Waals surface area contributed by atoms with Gasteiger partial charge in [0.2, 0.25) is 0 Å². The first kappa shape index (κ1) is 12.2. The summed E-state index contributed by atoms with van der Waals surface area (Å²) in [6.07, 6.45) is 1.01. The molecule has 2 aromatic rings. The first-order chi connectivity index (χ1) is 8.40. The predicted molar refractivity (Wildman–Crippen MR) is 72.9 cm³/mol. The van der Waals surface area contributed by atoms with Crippen LogP contribution in [-0.2, 0) is 6.54 Å². The Balaban J connectivity index is 1.92. The number of nitrogens with zero attached hydrogens (tertiary/aromatic N) is 1. The molecule has 0 saturated carbocycles. The summed E-state index contributed by atoms with van der Waals surface area (Å²) in [5.41, 5.74) is 7.67. The third-order valence-corrected chi connectivity index (χ3v) is 3.30. The van der Waals surface area contributed by atoms with E-state index in [1.165, 1.54) is 5.56 Å². The average molecular weight is 247 g/mol. The van der Waals surface area contributed by atoms with Gasteiger partial charge in [0, 0.05) is 17.5 Å². The molecular weight excluding hydrogens is 230 g/mol. The molecule has 2 rings (SSSR count). The molecule has 0 aliphatic carbocycles. The highest BCUT2D eigenvalue weighted by Crippen LogP contribution is 2.21. The van der Waals surface area contributed by atoms with Gasteiger partial charge in [0.05, 0.1) is 5.69 Å². The van der Waals surface area contributed by atoms with Crippen LogP contribution in [0.2, 0.25) is 0 Å². The first-order valence-corrected chi connectivity index (χ1v) is 6.68. The van der Waals surface area contributed by atoms with Crippen molar-refractivity contribution in [3.63, 3.8) is 0 Å². The molecule has 3 N–H and O–H groups in total. The Hall–Kier alpha value is -1.23. The number of aromatic nitrogens is 1. The third kappa shape index (κ3) is 3.63. The Kier molecular flexibility index (Phi) is 4.67. The SMILES string of the molecule is NCCCNCc1nc(-c2ccccc2)cs1. The number of nitrogens with two attached hydrogens (primary N) is 1. The van der Waals surface area contributed by atoms with E-state index in [-0.39, 0.29) is 0 Å². The largest absolute Gasteiger partial charge is 0.330 e. The smallest absolute Gasteiger partial charge is 0.107 e. The van der Waals surface area contributed by atoms with Gasteiger partial charge in [0.1, 0.15) is 5.01 Å². The molecule has 1 aromatic carbocycles. The Morgan fingerprint density at radius 1 is 1.24 bits per heavy atom. The fourth-order valence-corrected chi connectivity index (χ4v) is 2.33. The summed E-state index contributed by atoms with van der Waals surface area (Å²) in [5, 5.41) is 6.57. The van der Waals surface area contributed by atoms with Crippen molar-refractivity contribution in [3.05, 3.63) is 40.7 Å². The number of nitrogens with one attached hydrogen (secondary N) is 1. The molecule has 0 amide bonds. The predicted octanol–water partition coefficient (Wildman–Crippen LogP) is 2.25. The topological polar surface area (TPSA) is 50.9 Å². The zero-order chi connectivity index (χ0) is 11.9. The molecule has 0 unspecified atom stereocenters.